The summed E-state index contributed by atoms with van der Waals surface area (Å²) < 4.78 is 5.86. The largest absolute Gasteiger partial charge is 0.457 e. The lowest BCUT2D eigenvalue weighted by atomic mass is 10.0. The molecule has 0 radical (unpaired) electrons. The molecule has 0 aliphatic carbocycles. The standard InChI is InChI=1S/C31H32N4O5/c1-20(2)16-25(33-29(37)21-8-6-12-24(17-21)40-23-10-4-3-5-11-23)31(39)34-15-13-26-28(34)27(36)19-35(26)30(38)22-9-7-14-32-18-22/h3-12,14,17-18,20,25-26,28H,13,15-16,19H2,1-2H3,(H,33,37)/t25-,26+,28-/m0/s1. The number of ether oxygens (including phenoxy) is 1. The summed E-state index contributed by atoms with van der Waals surface area (Å²) in [5.41, 5.74) is 0.767. The molecule has 9 nitrogen and oxygen atoms in total. The summed E-state index contributed by atoms with van der Waals surface area (Å²) in [5.74, 6) is 0.107. The lowest BCUT2D eigenvalue weighted by Crippen LogP contribution is -2.53. The highest BCUT2D eigenvalue weighted by Crippen LogP contribution is 2.32. The van der Waals surface area contributed by atoms with Crippen LogP contribution < -0.4 is 10.1 Å². The number of para-hydroxylation sites is 1. The highest BCUT2D eigenvalue weighted by atomic mass is 16.5. The van der Waals surface area contributed by atoms with E-state index in [1.807, 2.05) is 44.2 Å². The molecule has 2 aliphatic heterocycles. The van der Waals surface area contributed by atoms with Gasteiger partial charge in [0.1, 0.15) is 23.6 Å². The van der Waals surface area contributed by atoms with Crippen LogP contribution in [0.3, 0.4) is 0 Å². The van der Waals surface area contributed by atoms with Gasteiger partial charge in [-0.05, 0) is 61.2 Å². The number of nitrogens with one attached hydrogen (secondary N) is 1. The van der Waals surface area contributed by atoms with Crippen LogP contribution >= 0.6 is 0 Å². The summed E-state index contributed by atoms with van der Waals surface area (Å²) in [6.45, 7) is 4.23. The number of amides is 3. The Hall–Kier alpha value is -4.53. The number of ketones is 1. The average Bonchev–Trinajstić information content (AvgIpc) is 3.54. The number of pyridine rings is 1. The number of benzene rings is 2. The van der Waals surface area contributed by atoms with E-state index in [1.165, 1.54) is 6.20 Å². The molecule has 1 aromatic heterocycles. The molecule has 3 amide bonds. The molecule has 0 spiro atoms. The molecule has 2 saturated heterocycles. The fourth-order valence-corrected chi connectivity index (χ4v) is 5.45. The van der Waals surface area contributed by atoms with Crippen molar-refractivity contribution in [3.8, 4) is 11.5 Å². The zero-order chi connectivity index (χ0) is 28.2. The van der Waals surface area contributed by atoms with E-state index < -0.39 is 24.0 Å². The highest BCUT2D eigenvalue weighted by Gasteiger charge is 2.52. The Balaban J connectivity index is 1.30. The van der Waals surface area contributed by atoms with Crippen molar-refractivity contribution in [3.05, 3.63) is 90.3 Å². The van der Waals surface area contributed by atoms with Gasteiger partial charge in [0.2, 0.25) is 5.91 Å². The summed E-state index contributed by atoms with van der Waals surface area (Å²) in [7, 11) is 0. The van der Waals surface area contributed by atoms with E-state index in [9.17, 15) is 19.2 Å². The Bertz CT molecular complexity index is 1400. The molecule has 3 aromatic rings. The van der Waals surface area contributed by atoms with E-state index in [-0.39, 0.29) is 30.1 Å². The first-order valence-electron chi connectivity index (χ1n) is 13.5. The first-order valence-corrected chi connectivity index (χ1v) is 13.5. The molecule has 2 aliphatic rings. The van der Waals surface area contributed by atoms with Gasteiger partial charge < -0.3 is 19.9 Å². The third kappa shape index (κ3) is 5.73. The van der Waals surface area contributed by atoms with E-state index in [4.69, 9.17) is 4.74 Å². The van der Waals surface area contributed by atoms with Gasteiger partial charge in [-0.3, -0.25) is 24.2 Å². The van der Waals surface area contributed by atoms with Crippen LogP contribution in [0.2, 0.25) is 0 Å². The average molecular weight is 541 g/mol. The summed E-state index contributed by atoms with van der Waals surface area (Å²) >= 11 is 0. The van der Waals surface area contributed by atoms with Crippen molar-refractivity contribution in [1.29, 1.82) is 0 Å². The summed E-state index contributed by atoms with van der Waals surface area (Å²) in [6, 6.07) is 17.4. The molecule has 0 unspecified atom stereocenters. The van der Waals surface area contributed by atoms with Crippen LogP contribution in [0.1, 0.15) is 47.4 Å². The highest BCUT2D eigenvalue weighted by molar-refractivity contribution is 6.03. The van der Waals surface area contributed by atoms with Crippen molar-refractivity contribution in [2.75, 3.05) is 13.1 Å². The van der Waals surface area contributed by atoms with Crippen LogP contribution in [-0.4, -0.2) is 69.5 Å². The van der Waals surface area contributed by atoms with Gasteiger partial charge in [0.15, 0.2) is 5.78 Å². The van der Waals surface area contributed by atoms with Gasteiger partial charge >= 0.3 is 0 Å². The maximum absolute atomic E-state index is 13.8. The summed E-state index contributed by atoms with van der Waals surface area (Å²) in [5, 5.41) is 2.90. The topological polar surface area (TPSA) is 109 Å². The number of carbonyl (C=O) groups is 4. The van der Waals surface area contributed by atoms with E-state index in [2.05, 4.69) is 10.3 Å². The minimum absolute atomic E-state index is 0.0533. The minimum Gasteiger partial charge on any atom is -0.457 e. The Morgan fingerprint density at radius 2 is 1.73 bits per heavy atom. The number of likely N-dealkylation sites (tertiary alicyclic amines) is 2. The van der Waals surface area contributed by atoms with E-state index in [0.29, 0.717) is 42.0 Å². The zero-order valence-electron chi connectivity index (χ0n) is 22.5. The third-order valence-electron chi connectivity index (χ3n) is 7.26. The molecule has 0 saturated carbocycles. The van der Waals surface area contributed by atoms with Gasteiger partial charge in [0, 0.05) is 24.5 Å². The predicted molar refractivity (Wildman–Crippen MR) is 148 cm³/mol. The molecular weight excluding hydrogens is 508 g/mol. The van der Waals surface area contributed by atoms with Crippen molar-refractivity contribution >= 4 is 23.5 Å². The molecular formula is C31H32N4O5. The summed E-state index contributed by atoms with van der Waals surface area (Å²) in [6.07, 6.45) is 3.97. The smallest absolute Gasteiger partial charge is 0.256 e. The fourth-order valence-electron chi connectivity index (χ4n) is 5.45. The van der Waals surface area contributed by atoms with E-state index in [0.717, 1.165) is 0 Å². The third-order valence-corrected chi connectivity index (χ3v) is 7.26. The van der Waals surface area contributed by atoms with Gasteiger partial charge in [0.05, 0.1) is 18.2 Å². The number of hydrogen-bond acceptors (Lipinski definition) is 6. The molecule has 1 N–H and O–H groups in total. The molecule has 0 bridgehead atoms. The second-order valence-electron chi connectivity index (χ2n) is 10.6. The SMILES string of the molecule is CC(C)C[C@H](NC(=O)c1cccc(Oc2ccccc2)c1)C(=O)N1CC[C@@H]2[C@H]1C(=O)CN2C(=O)c1cccnc1. The Morgan fingerprint density at radius 3 is 2.45 bits per heavy atom. The maximum atomic E-state index is 13.8. The second-order valence-corrected chi connectivity index (χ2v) is 10.6. The van der Waals surface area contributed by atoms with Gasteiger partial charge in [-0.1, -0.05) is 38.1 Å². The van der Waals surface area contributed by atoms with Crippen LogP contribution in [0.25, 0.3) is 0 Å². The van der Waals surface area contributed by atoms with Gasteiger partial charge in [-0.15, -0.1) is 0 Å². The fraction of sp³-hybridized carbons (Fsp3) is 0.323. The van der Waals surface area contributed by atoms with Crippen LogP contribution in [0.5, 0.6) is 11.5 Å². The van der Waals surface area contributed by atoms with E-state index >= 15 is 0 Å². The molecule has 9 heteroatoms. The molecule has 2 fully saturated rings. The van der Waals surface area contributed by atoms with E-state index in [1.54, 1.807) is 52.4 Å². The first-order chi connectivity index (χ1) is 19.3. The van der Waals surface area contributed by atoms with Crippen molar-refractivity contribution in [2.45, 2.75) is 44.8 Å². The Morgan fingerprint density at radius 1 is 0.975 bits per heavy atom. The van der Waals surface area contributed by atoms with Crippen LogP contribution in [0.15, 0.2) is 79.1 Å². The Labute approximate surface area is 233 Å². The second kappa shape index (κ2) is 11.7. The summed E-state index contributed by atoms with van der Waals surface area (Å²) in [4.78, 5) is 60.4. The maximum Gasteiger partial charge on any atom is 0.256 e. The van der Waals surface area contributed by atoms with Gasteiger partial charge in [0.25, 0.3) is 11.8 Å². The van der Waals surface area contributed by atoms with Crippen LogP contribution in [-0.2, 0) is 9.59 Å². The lowest BCUT2D eigenvalue weighted by Gasteiger charge is -2.29. The number of rotatable bonds is 8. The number of carbonyl (C=O) groups excluding carboxylic acids is 4. The number of fused-ring (bicyclic) bond motifs is 1. The quantitative estimate of drug-likeness (QED) is 0.467. The monoisotopic (exact) mass is 540 g/mol. The van der Waals surface area contributed by atoms with Gasteiger partial charge in [-0.25, -0.2) is 0 Å². The van der Waals surface area contributed by atoms with Crippen molar-refractivity contribution < 1.29 is 23.9 Å². The molecule has 3 heterocycles. The van der Waals surface area contributed by atoms with Crippen LogP contribution in [0, 0.1) is 5.92 Å². The van der Waals surface area contributed by atoms with Crippen LogP contribution in [0.4, 0.5) is 0 Å². The normalized spacial score (nSPS) is 18.9. The predicted octanol–water partition coefficient (Wildman–Crippen LogP) is 3.71. The molecule has 3 atom stereocenters. The van der Waals surface area contributed by atoms with Crippen molar-refractivity contribution in [2.24, 2.45) is 5.92 Å². The molecule has 206 valence electrons. The number of Topliss-reactive ketones (excluding diaryl/α,β-unsaturated/α-hetero) is 1. The van der Waals surface area contributed by atoms with Gasteiger partial charge in [-0.2, -0.15) is 0 Å². The number of nitrogens with zero attached hydrogens (tertiary/aromatic N) is 3. The molecule has 2 aromatic carbocycles. The minimum atomic E-state index is -0.819. The number of aromatic nitrogens is 1. The lowest BCUT2D eigenvalue weighted by molar-refractivity contribution is -0.138. The first kappa shape index (κ1) is 27.1. The van der Waals surface area contributed by atoms with Crippen molar-refractivity contribution in [1.82, 2.24) is 20.1 Å². The Kier molecular flexibility index (Phi) is 7.91. The molecule has 40 heavy (non-hydrogen) atoms. The van der Waals surface area contributed by atoms with Crippen molar-refractivity contribution in [3.63, 3.8) is 0 Å². The molecule has 5 rings (SSSR count). The zero-order valence-corrected chi connectivity index (χ0v) is 22.5. The number of hydrogen-bond donors (Lipinski definition) is 1.